The molecule has 2 rings (SSSR count). The lowest BCUT2D eigenvalue weighted by molar-refractivity contribution is -0.120. The highest BCUT2D eigenvalue weighted by atomic mass is 35.5. The second-order valence-electron chi connectivity index (χ2n) is 5.98. The van der Waals surface area contributed by atoms with Crippen molar-refractivity contribution in [2.75, 3.05) is 6.61 Å². The summed E-state index contributed by atoms with van der Waals surface area (Å²) in [5.41, 5.74) is 10.7. The molecule has 0 fully saturated rings. The molecule has 0 radical (unpaired) electrons. The van der Waals surface area contributed by atoms with E-state index in [4.69, 9.17) is 38.9 Å². The first kappa shape index (κ1) is 24.1. The Kier molecular flexibility index (Phi) is 8.78. The first-order valence-corrected chi connectivity index (χ1v) is 9.37. The summed E-state index contributed by atoms with van der Waals surface area (Å²) in [6.45, 7) is -1.05. The zero-order valence-corrected chi connectivity index (χ0v) is 17.3. The number of nitrogens with two attached hydrogens (primary N) is 1. The molecule has 4 N–H and O–H groups in total. The van der Waals surface area contributed by atoms with Gasteiger partial charge in [-0.3, -0.25) is 15.6 Å². The largest absolute Gasteiger partial charge is 0.485 e. The molecule has 2 aromatic rings. The molecule has 12 heteroatoms. The van der Waals surface area contributed by atoms with Gasteiger partial charge in [-0.2, -0.15) is 5.26 Å². The number of aliphatic imine (C=N–C) groups is 1. The highest BCUT2D eigenvalue weighted by molar-refractivity contribution is 6.36. The molecule has 0 unspecified atom stereocenters. The fourth-order valence-corrected chi connectivity index (χ4v) is 2.92. The predicted molar refractivity (Wildman–Crippen MR) is 110 cm³/mol. The smallest absolute Gasteiger partial charge is 0.272 e. The second-order valence-corrected chi connectivity index (χ2v) is 6.83. The molecule has 31 heavy (non-hydrogen) atoms. The van der Waals surface area contributed by atoms with Crippen molar-refractivity contribution < 1.29 is 22.7 Å². The van der Waals surface area contributed by atoms with Crippen LogP contribution in [0.3, 0.4) is 0 Å². The fourth-order valence-electron chi connectivity index (χ4n) is 2.37. The first-order valence-electron chi connectivity index (χ1n) is 8.61. The van der Waals surface area contributed by atoms with Gasteiger partial charge in [0.15, 0.2) is 0 Å². The number of hydrazine groups is 1. The van der Waals surface area contributed by atoms with E-state index in [1.165, 1.54) is 24.3 Å². The van der Waals surface area contributed by atoms with Crippen molar-refractivity contribution in [2.45, 2.75) is 19.4 Å². The van der Waals surface area contributed by atoms with E-state index >= 15 is 0 Å². The van der Waals surface area contributed by atoms with E-state index in [2.05, 4.69) is 15.8 Å². The summed E-state index contributed by atoms with van der Waals surface area (Å²) in [4.78, 5) is 15.0. The molecule has 0 atom stereocenters. The highest BCUT2D eigenvalue weighted by Crippen LogP contribution is 2.39. The van der Waals surface area contributed by atoms with Crippen molar-refractivity contribution in [1.29, 1.82) is 5.26 Å². The van der Waals surface area contributed by atoms with Crippen LogP contribution < -0.4 is 21.3 Å². The number of nitrogens with zero attached hydrogens (tertiary/aromatic N) is 2. The van der Waals surface area contributed by atoms with Gasteiger partial charge in [-0.15, -0.1) is 0 Å². The minimum absolute atomic E-state index is 0.00882. The number of nitrogens with one attached hydrogen (secondary N) is 2. The third-order valence-corrected chi connectivity index (χ3v) is 4.21. The maximum Gasteiger partial charge on any atom is 0.272 e. The van der Waals surface area contributed by atoms with Gasteiger partial charge in [0.2, 0.25) is 5.96 Å². The van der Waals surface area contributed by atoms with Crippen LogP contribution in [0.15, 0.2) is 35.3 Å². The molecule has 0 saturated carbocycles. The molecular weight excluding hydrogens is 458 g/mol. The Hall–Kier alpha value is -3.16. The molecule has 164 valence electrons. The number of carbonyl (C=O) groups excluding carboxylic acids is 1. The lowest BCUT2D eigenvalue weighted by atomic mass is 10.0. The minimum Gasteiger partial charge on any atom is -0.485 e. The number of hydrogen-bond acceptors (Lipinski definition) is 4. The van der Waals surface area contributed by atoms with Crippen LogP contribution in [0.2, 0.25) is 10.0 Å². The lowest BCUT2D eigenvalue weighted by Crippen LogP contribution is -2.45. The molecule has 0 saturated heterocycles. The van der Waals surface area contributed by atoms with Gasteiger partial charge >= 0.3 is 0 Å². The van der Waals surface area contributed by atoms with E-state index in [0.717, 1.165) is 6.07 Å². The quantitative estimate of drug-likeness (QED) is 0.321. The van der Waals surface area contributed by atoms with Gasteiger partial charge in [-0.05, 0) is 23.8 Å². The van der Waals surface area contributed by atoms with E-state index in [0.29, 0.717) is 5.56 Å². The SMILES string of the molecule is N#CCC(=O)NNC(N)=NCc1ccc(-c2cc(Cl)cc(Cl)c2OCC(F)F)cc1F. The Balaban J connectivity index is 2.20. The van der Waals surface area contributed by atoms with Crippen molar-refractivity contribution in [3.05, 3.63) is 51.8 Å². The molecule has 0 spiro atoms. The van der Waals surface area contributed by atoms with E-state index < -0.39 is 24.8 Å². The van der Waals surface area contributed by atoms with Gasteiger partial charge in [0.05, 0.1) is 17.6 Å². The highest BCUT2D eigenvalue weighted by Gasteiger charge is 2.16. The molecule has 0 aliphatic heterocycles. The molecule has 7 nitrogen and oxygen atoms in total. The van der Waals surface area contributed by atoms with E-state index in [9.17, 15) is 18.0 Å². The summed E-state index contributed by atoms with van der Waals surface area (Å²) < 4.78 is 44.8. The van der Waals surface area contributed by atoms with Crippen LogP contribution in [0.25, 0.3) is 11.1 Å². The maximum atomic E-state index is 14.6. The third kappa shape index (κ3) is 7.24. The molecule has 0 heterocycles. The number of alkyl halides is 2. The van der Waals surface area contributed by atoms with Gasteiger partial charge in [0.1, 0.15) is 24.6 Å². The summed E-state index contributed by atoms with van der Waals surface area (Å²) in [5.74, 6) is -1.50. The topological polar surface area (TPSA) is 113 Å². The summed E-state index contributed by atoms with van der Waals surface area (Å²) in [6.07, 6.45) is -3.09. The number of halogens is 5. The van der Waals surface area contributed by atoms with Crippen LogP contribution in [0, 0.1) is 17.1 Å². The van der Waals surface area contributed by atoms with Gasteiger partial charge in [0, 0.05) is 16.1 Å². The van der Waals surface area contributed by atoms with Gasteiger partial charge in [-0.25, -0.2) is 18.2 Å². The normalized spacial score (nSPS) is 11.2. The third-order valence-electron chi connectivity index (χ3n) is 3.72. The Morgan fingerprint density at radius 2 is 2.00 bits per heavy atom. The fraction of sp³-hybridized carbons (Fsp3) is 0.211. The molecule has 0 bridgehead atoms. The van der Waals surface area contributed by atoms with Crippen molar-refractivity contribution in [2.24, 2.45) is 10.7 Å². The van der Waals surface area contributed by atoms with Crippen molar-refractivity contribution in [3.63, 3.8) is 0 Å². The van der Waals surface area contributed by atoms with Crippen LogP contribution in [0.1, 0.15) is 12.0 Å². The lowest BCUT2D eigenvalue weighted by Gasteiger charge is -2.14. The van der Waals surface area contributed by atoms with Crippen LogP contribution in [-0.2, 0) is 11.3 Å². The molecule has 0 aromatic heterocycles. The summed E-state index contributed by atoms with van der Waals surface area (Å²) in [7, 11) is 0. The minimum atomic E-state index is -2.72. The second kappa shape index (κ2) is 11.3. The van der Waals surface area contributed by atoms with E-state index in [1.807, 2.05) is 0 Å². The van der Waals surface area contributed by atoms with E-state index in [-0.39, 0.29) is 45.8 Å². The Labute approximate surface area is 185 Å². The molecule has 2 aromatic carbocycles. The monoisotopic (exact) mass is 473 g/mol. The number of carbonyl (C=O) groups is 1. The first-order chi connectivity index (χ1) is 14.7. The Bertz CT molecular complexity index is 1030. The summed E-state index contributed by atoms with van der Waals surface area (Å²) in [5, 5.41) is 8.62. The van der Waals surface area contributed by atoms with Crippen LogP contribution in [-0.4, -0.2) is 24.9 Å². The average molecular weight is 474 g/mol. The number of amides is 1. The number of nitriles is 1. The maximum absolute atomic E-state index is 14.6. The predicted octanol–water partition coefficient (Wildman–Crippen LogP) is 3.79. The number of guanidine groups is 1. The van der Waals surface area contributed by atoms with Crippen molar-refractivity contribution in [3.8, 4) is 22.9 Å². The molecule has 1 amide bonds. The van der Waals surface area contributed by atoms with Crippen LogP contribution in [0.4, 0.5) is 13.2 Å². The number of ether oxygens (including phenoxy) is 1. The zero-order valence-electron chi connectivity index (χ0n) is 15.8. The van der Waals surface area contributed by atoms with Crippen molar-refractivity contribution in [1.82, 2.24) is 10.9 Å². The number of rotatable bonds is 7. The van der Waals surface area contributed by atoms with Gasteiger partial charge < -0.3 is 10.5 Å². The summed E-state index contributed by atoms with van der Waals surface area (Å²) >= 11 is 12.1. The van der Waals surface area contributed by atoms with Gasteiger partial charge in [-0.1, -0.05) is 35.3 Å². The van der Waals surface area contributed by atoms with Crippen LogP contribution >= 0.6 is 23.2 Å². The van der Waals surface area contributed by atoms with Crippen molar-refractivity contribution >= 4 is 35.1 Å². The average Bonchev–Trinajstić information content (AvgIpc) is 2.70. The Morgan fingerprint density at radius 3 is 2.65 bits per heavy atom. The summed E-state index contributed by atoms with van der Waals surface area (Å²) in [6, 6.07) is 8.50. The van der Waals surface area contributed by atoms with Crippen LogP contribution in [0.5, 0.6) is 5.75 Å². The standard InChI is InChI=1S/C19H16Cl2F3N5O2/c20-12-6-13(18(14(21)7-12)31-9-16(23)24)10-1-2-11(15(22)5-10)8-27-19(26)29-28-17(30)3-4-25/h1-2,5-7,16H,3,8-9H2,(H,28,30)(H3,26,27,29). The van der Waals surface area contributed by atoms with Gasteiger partial charge in [0.25, 0.3) is 12.3 Å². The number of benzene rings is 2. The number of hydrogen-bond donors (Lipinski definition) is 3. The molecule has 0 aliphatic carbocycles. The van der Waals surface area contributed by atoms with E-state index in [1.54, 1.807) is 6.07 Å². The molecular formula is C19H16Cl2F3N5O2. The molecule has 0 aliphatic rings. The Morgan fingerprint density at radius 1 is 1.26 bits per heavy atom. The zero-order chi connectivity index (χ0) is 23.0.